The van der Waals surface area contributed by atoms with Gasteiger partial charge in [-0.15, -0.1) is 6.58 Å². The molecule has 0 bridgehead atoms. The van der Waals surface area contributed by atoms with E-state index in [1.165, 1.54) is 4.90 Å². The first-order valence-corrected chi connectivity index (χ1v) is 9.90. The molecule has 0 spiro atoms. The van der Waals surface area contributed by atoms with E-state index in [1.54, 1.807) is 24.3 Å². The maximum atomic E-state index is 13.3. The third-order valence-corrected chi connectivity index (χ3v) is 5.64. The highest BCUT2D eigenvalue weighted by Gasteiger charge is 2.50. The van der Waals surface area contributed by atoms with E-state index in [0.29, 0.717) is 16.8 Å². The van der Waals surface area contributed by atoms with Gasteiger partial charge in [-0.05, 0) is 42.0 Å². The van der Waals surface area contributed by atoms with Gasteiger partial charge < -0.3 is 10.0 Å². The van der Waals surface area contributed by atoms with Gasteiger partial charge in [0.1, 0.15) is 0 Å². The van der Waals surface area contributed by atoms with Crippen LogP contribution in [0.3, 0.4) is 0 Å². The highest BCUT2D eigenvalue weighted by molar-refractivity contribution is 6.11. The summed E-state index contributed by atoms with van der Waals surface area (Å²) in [6.07, 6.45) is 1.33. The Morgan fingerprint density at radius 1 is 1.17 bits per heavy atom. The number of nitrogens with zero attached hydrogens (tertiary/aromatic N) is 1. The number of rotatable bonds is 5. The molecule has 152 valence electrons. The number of para-hydroxylation sites is 1. The van der Waals surface area contributed by atoms with Crippen molar-refractivity contribution in [3.8, 4) is 0 Å². The van der Waals surface area contributed by atoms with Crippen molar-refractivity contribution in [2.24, 2.45) is 0 Å². The molecule has 1 aliphatic heterocycles. The Labute approximate surface area is 172 Å². The summed E-state index contributed by atoms with van der Waals surface area (Å²) < 4.78 is 0. The fraction of sp³-hybridized carbons (Fsp3) is 0.360. The van der Waals surface area contributed by atoms with Crippen molar-refractivity contribution < 1.29 is 14.7 Å². The van der Waals surface area contributed by atoms with Gasteiger partial charge >= 0.3 is 0 Å². The average molecular weight is 392 g/mol. The second kappa shape index (κ2) is 7.27. The quantitative estimate of drug-likeness (QED) is 0.599. The van der Waals surface area contributed by atoms with Gasteiger partial charge in [0.05, 0.1) is 12.1 Å². The van der Waals surface area contributed by atoms with Crippen molar-refractivity contribution in [2.75, 3.05) is 11.4 Å². The highest BCUT2D eigenvalue weighted by atomic mass is 16.3. The molecule has 1 amide bonds. The molecule has 0 saturated heterocycles. The number of hydrogen-bond donors (Lipinski definition) is 1. The van der Waals surface area contributed by atoms with E-state index in [9.17, 15) is 14.7 Å². The van der Waals surface area contributed by atoms with Crippen molar-refractivity contribution in [2.45, 2.75) is 52.1 Å². The van der Waals surface area contributed by atoms with E-state index in [0.717, 1.165) is 16.7 Å². The van der Waals surface area contributed by atoms with Gasteiger partial charge in [0.25, 0.3) is 5.91 Å². The largest absolute Gasteiger partial charge is 0.375 e. The first-order valence-electron chi connectivity index (χ1n) is 9.90. The molecule has 29 heavy (non-hydrogen) atoms. The molecule has 0 unspecified atom stereocenters. The third kappa shape index (κ3) is 3.53. The number of Topliss-reactive ketones (excluding diaryl/α,β-unsaturated/α-hetero) is 1. The molecular formula is C25H29NO3. The van der Waals surface area contributed by atoms with E-state index >= 15 is 0 Å². The molecule has 2 aromatic carbocycles. The van der Waals surface area contributed by atoms with E-state index in [-0.39, 0.29) is 24.2 Å². The minimum atomic E-state index is -1.86. The minimum Gasteiger partial charge on any atom is -0.375 e. The number of anilines is 1. The summed E-state index contributed by atoms with van der Waals surface area (Å²) in [6, 6.07) is 11.1. The van der Waals surface area contributed by atoms with Crippen LogP contribution in [0.15, 0.2) is 49.1 Å². The number of amides is 1. The lowest BCUT2D eigenvalue weighted by Gasteiger charge is -2.24. The molecule has 4 nitrogen and oxygen atoms in total. The number of ketones is 1. The number of aliphatic hydroxyl groups is 1. The molecule has 1 atom stereocenters. The Morgan fingerprint density at radius 3 is 2.31 bits per heavy atom. The van der Waals surface area contributed by atoms with Gasteiger partial charge in [0.2, 0.25) is 0 Å². The third-order valence-electron chi connectivity index (χ3n) is 5.64. The van der Waals surface area contributed by atoms with Crippen LogP contribution in [0.25, 0.3) is 0 Å². The Balaban J connectivity index is 2.01. The molecule has 1 N–H and O–H groups in total. The van der Waals surface area contributed by atoms with Crippen LogP contribution in [0.5, 0.6) is 0 Å². The normalized spacial score (nSPS) is 18.7. The van der Waals surface area contributed by atoms with Crippen LogP contribution < -0.4 is 4.90 Å². The van der Waals surface area contributed by atoms with Gasteiger partial charge in [-0.25, -0.2) is 0 Å². The number of carbonyl (C=O) groups excluding carboxylic acids is 2. The molecule has 0 aromatic heterocycles. The summed E-state index contributed by atoms with van der Waals surface area (Å²) in [6.45, 7) is 14.2. The summed E-state index contributed by atoms with van der Waals surface area (Å²) >= 11 is 0. The van der Waals surface area contributed by atoms with Gasteiger partial charge in [-0.2, -0.15) is 0 Å². The van der Waals surface area contributed by atoms with Crippen molar-refractivity contribution in [1.29, 1.82) is 0 Å². The predicted octanol–water partition coefficient (Wildman–Crippen LogP) is 4.59. The van der Waals surface area contributed by atoms with Crippen molar-refractivity contribution in [3.05, 3.63) is 76.9 Å². The Bertz CT molecular complexity index is 976. The molecule has 0 saturated carbocycles. The average Bonchev–Trinajstić information content (AvgIpc) is 2.83. The Kier molecular flexibility index (Phi) is 5.26. The van der Waals surface area contributed by atoms with E-state index < -0.39 is 11.5 Å². The number of fused-ring (bicyclic) bond motifs is 1. The van der Waals surface area contributed by atoms with Crippen LogP contribution in [-0.2, 0) is 15.8 Å². The van der Waals surface area contributed by atoms with Crippen molar-refractivity contribution >= 4 is 17.4 Å². The van der Waals surface area contributed by atoms with Gasteiger partial charge in [-0.1, -0.05) is 57.2 Å². The fourth-order valence-corrected chi connectivity index (χ4v) is 4.14. The van der Waals surface area contributed by atoms with Crippen LogP contribution >= 0.6 is 0 Å². The van der Waals surface area contributed by atoms with E-state index in [4.69, 9.17) is 0 Å². The highest BCUT2D eigenvalue weighted by Crippen LogP contribution is 2.43. The van der Waals surface area contributed by atoms with Gasteiger partial charge in [-0.3, -0.25) is 9.59 Å². The zero-order valence-electron chi connectivity index (χ0n) is 17.9. The Morgan fingerprint density at radius 2 is 1.76 bits per heavy atom. The van der Waals surface area contributed by atoms with Crippen LogP contribution in [0.1, 0.15) is 59.8 Å². The van der Waals surface area contributed by atoms with E-state index in [1.807, 2.05) is 32.0 Å². The summed E-state index contributed by atoms with van der Waals surface area (Å²) in [7, 11) is 0. The summed E-state index contributed by atoms with van der Waals surface area (Å²) in [5.74, 6) is -0.708. The molecule has 0 fully saturated rings. The molecule has 2 aromatic rings. The molecular weight excluding hydrogens is 362 g/mol. The standard InChI is InChI=1S/C25H29NO3/c1-7-12-26-20-11-9-8-10-19(20)25(29,23(26)28)15-21(27)22-16(2)13-18(14-17(22)3)24(4,5)6/h7-11,13-14,29H,1,12,15H2,2-6H3/t25-/m1/s1. The van der Waals surface area contributed by atoms with Crippen LogP contribution in [-0.4, -0.2) is 23.3 Å². The van der Waals surface area contributed by atoms with Crippen molar-refractivity contribution in [1.82, 2.24) is 0 Å². The van der Waals surface area contributed by atoms with Gasteiger partial charge in [0.15, 0.2) is 11.4 Å². The molecule has 0 radical (unpaired) electrons. The molecule has 0 aliphatic carbocycles. The molecule has 4 heteroatoms. The lowest BCUT2D eigenvalue weighted by atomic mass is 9.81. The summed E-state index contributed by atoms with van der Waals surface area (Å²) in [5, 5.41) is 11.4. The lowest BCUT2D eigenvalue weighted by molar-refractivity contribution is -0.135. The zero-order valence-corrected chi connectivity index (χ0v) is 17.9. The molecule has 1 aliphatic rings. The van der Waals surface area contributed by atoms with E-state index in [2.05, 4.69) is 27.4 Å². The first-order chi connectivity index (χ1) is 13.5. The maximum Gasteiger partial charge on any atom is 0.264 e. The topological polar surface area (TPSA) is 57.6 Å². The van der Waals surface area contributed by atoms with Crippen LogP contribution in [0.2, 0.25) is 0 Å². The van der Waals surface area contributed by atoms with Gasteiger partial charge in [0, 0.05) is 17.7 Å². The van der Waals surface area contributed by atoms with Crippen LogP contribution in [0.4, 0.5) is 5.69 Å². The zero-order chi connectivity index (χ0) is 21.6. The summed E-state index contributed by atoms with van der Waals surface area (Å²) in [4.78, 5) is 27.8. The second-order valence-electron chi connectivity index (χ2n) is 8.92. The number of benzene rings is 2. The predicted molar refractivity (Wildman–Crippen MR) is 116 cm³/mol. The fourth-order valence-electron chi connectivity index (χ4n) is 4.14. The minimum absolute atomic E-state index is 0.0269. The second-order valence-corrected chi connectivity index (χ2v) is 8.92. The first kappa shape index (κ1) is 21.0. The summed E-state index contributed by atoms with van der Waals surface area (Å²) in [5.41, 5.74) is 2.68. The monoisotopic (exact) mass is 391 g/mol. The molecule has 1 heterocycles. The smallest absolute Gasteiger partial charge is 0.264 e. The number of carbonyl (C=O) groups is 2. The maximum absolute atomic E-state index is 13.3. The molecule has 3 rings (SSSR count). The lowest BCUT2D eigenvalue weighted by Crippen LogP contribution is -2.42. The van der Waals surface area contributed by atoms with Crippen molar-refractivity contribution in [3.63, 3.8) is 0 Å². The number of aryl methyl sites for hydroxylation is 2. The Hall–Kier alpha value is -2.72. The van der Waals surface area contributed by atoms with Crippen LogP contribution in [0, 0.1) is 13.8 Å². The number of hydrogen-bond acceptors (Lipinski definition) is 3. The SMILES string of the molecule is C=CCN1C(=O)[C@@](O)(CC(=O)c2c(C)cc(C(C)(C)C)cc2C)c2ccccc21.